The molecular weight excluding hydrogens is 996 g/mol. The number of alkyl carbamates (subject to hydrolysis) is 2. The van der Waals surface area contributed by atoms with Crippen LogP contribution in [0.2, 0.25) is 5.02 Å². The number of carbonyl (C=O) groups is 6. The van der Waals surface area contributed by atoms with Gasteiger partial charge in [0.2, 0.25) is 11.8 Å². The number of ether oxygens (including phenoxy) is 7. The Morgan fingerprint density at radius 1 is 1.04 bits per heavy atom. The summed E-state index contributed by atoms with van der Waals surface area (Å²) in [6.07, 6.45) is -0.447. The van der Waals surface area contributed by atoms with Gasteiger partial charge in [-0.2, -0.15) is 11.8 Å². The first kappa shape index (κ1) is 55.6. The fourth-order valence-corrected chi connectivity index (χ4v) is 11.1. The number of benzene rings is 3. The zero-order valence-electron chi connectivity index (χ0n) is 43.0. The number of epoxide rings is 1. The van der Waals surface area contributed by atoms with Crippen LogP contribution in [-0.2, 0) is 54.0 Å². The number of nitrogens with zero attached hydrogens (tertiary/aromatic N) is 2. The van der Waals surface area contributed by atoms with Gasteiger partial charge in [-0.3, -0.25) is 14.9 Å². The molecule has 1 unspecified atom stereocenters. The summed E-state index contributed by atoms with van der Waals surface area (Å²) < 4.78 is 40.1. The first-order valence-corrected chi connectivity index (χ1v) is 25.9. The minimum absolute atomic E-state index is 0.0495. The van der Waals surface area contributed by atoms with Crippen LogP contribution < -0.4 is 20.3 Å². The monoisotopic (exact) mass is 1060 g/mol. The van der Waals surface area contributed by atoms with E-state index in [0.29, 0.717) is 17.9 Å². The number of anilines is 1. The summed E-state index contributed by atoms with van der Waals surface area (Å²) in [5, 5.41) is 17.2. The maximum absolute atomic E-state index is 14.4. The Kier molecular flexibility index (Phi) is 17.7. The van der Waals surface area contributed by atoms with E-state index in [4.69, 9.17) is 44.8 Å². The van der Waals surface area contributed by atoms with Crippen LogP contribution in [0.3, 0.4) is 0 Å². The molecule has 2 fully saturated rings. The molecule has 3 heterocycles. The third kappa shape index (κ3) is 12.2. The van der Waals surface area contributed by atoms with E-state index in [1.807, 2.05) is 61.5 Å². The Balaban J connectivity index is 1.01. The average Bonchev–Trinajstić information content (AvgIpc) is 3.98. The van der Waals surface area contributed by atoms with Crippen LogP contribution in [0.25, 0.3) is 11.1 Å². The Labute approximate surface area is 440 Å². The number of hydrogen-bond acceptors (Lipinski definition) is 15. The highest BCUT2D eigenvalue weighted by molar-refractivity contribution is 7.99. The normalized spacial score (nSPS) is 26.5. The molecule has 0 radical (unpaired) electrons. The van der Waals surface area contributed by atoms with E-state index in [0.717, 1.165) is 33.4 Å². The van der Waals surface area contributed by atoms with E-state index in [1.165, 1.54) is 56.9 Å². The molecule has 7 rings (SSSR count). The van der Waals surface area contributed by atoms with Crippen molar-refractivity contribution in [3.05, 3.63) is 106 Å². The third-order valence-electron chi connectivity index (χ3n) is 14.4. The molecule has 0 saturated carbocycles. The van der Waals surface area contributed by atoms with E-state index >= 15 is 0 Å². The Morgan fingerprint density at radius 2 is 1.72 bits per heavy atom. The van der Waals surface area contributed by atoms with Crippen LogP contribution >= 0.6 is 23.4 Å². The van der Waals surface area contributed by atoms with Gasteiger partial charge in [-0.15, -0.1) is 0 Å². The highest BCUT2D eigenvalue weighted by Crippen LogP contribution is 2.50. The van der Waals surface area contributed by atoms with Gasteiger partial charge in [-0.25, -0.2) is 19.2 Å². The lowest BCUT2D eigenvalue weighted by Gasteiger charge is -2.42. The largest absolute Gasteiger partial charge is 0.495 e. The predicted octanol–water partition coefficient (Wildman–Crippen LogP) is 6.72. The Hall–Kier alpha value is -6.12. The Bertz CT molecular complexity index is 2640. The highest BCUT2D eigenvalue weighted by atomic mass is 35.5. The van der Waals surface area contributed by atoms with Gasteiger partial charge in [0.25, 0.3) is 0 Å². The molecule has 20 heteroatoms. The van der Waals surface area contributed by atoms with Gasteiger partial charge in [0.15, 0.2) is 5.72 Å². The van der Waals surface area contributed by atoms with Crippen LogP contribution in [-0.4, -0.2) is 147 Å². The Morgan fingerprint density at radius 3 is 2.36 bits per heavy atom. The van der Waals surface area contributed by atoms with Gasteiger partial charge in [0.05, 0.1) is 32.4 Å². The van der Waals surface area contributed by atoms with Crippen molar-refractivity contribution in [2.75, 3.05) is 58.4 Å². The molecule has 18 nitrogen and oxygen atoms in total. The summed E-state index contributed by atoms with van der Waals surface area (Å²) in [5.74, 6) is -2.59. The lowest BCUT2D eigenvalue weighted by atomic mass is 9.83. The summed E-state index contributed by atoms with van der Waals surface area (Å²) >= 11 is 8.05. The highest BCUT2D eigenvalue weighted by Gasteiger charge is 2.64. The molecule has 4 amide bonds. The fraction of sp³-hybridized carbons (Fsp3) is 0.481. The zero-order chi connectivity index (χ0) is 53.6. The van der Waals surface area contributed by atoms with Gasteiger partial charge in [0, 0.05) is 57.4 Å². The van der Waals surface area contributed by atoms with Crippen LogP contribution in [0.5, 0.6) is 5.75 Å². The smallest absolute Gasteiger partial charge is 0.409 e. The molecule has 0 aromatic heterocycles. The number of nitrogens with one attached hydrogen (secondary N) is 2. The topological polar surface area (TPSA) is 221 Å². The van der Waals surface area contributed by atoms with Gasteiger partial charge in [-0.05, 0) is 67.1 Å². The molecule has 3 aromatic rings. The van der Waals surface area contributed by atoms with Crippen LogP contribution in [0.4, 0.5) is 15.3 Å². The first-order valence-electron chi connectivity index (χ1n) is 24.3. The molecular formula is C54H65ClN4O14S. The SMILES string of the molecule is COC(=O)C(CSCCC(=O)N(C)[C@@H](C)C(=O)O[C@H]1CC(=O)N(C)c2cc(cc(OC)c2Cl)C/C(C)=C/C=C/[C@@H](OC)[C@@]2(O)C[C@H](OC(=O)N2)[C@@H](C)[C@@H]2O[C@@]12C)NC(=O)OCC1c2ccccc2-c2ccccc21. The van der Waals surface area contributed by atoms with E-state index in [2.05, 4.69) is 10.6 Å². The van der Waals surface area contributed by atoms with E-state index in [-0.39, 0.29) is 48.3 Å². The maximum atomic E-state index is 14.4. The van der Waals surface area contributed by atoms with Gasteiger partial charge in [0.1, 0.15) is 53.4 Å². The summed E-state index contributed by atoms with van der Waals surface area (Å²) in [4.78, 5) is 83.6. The molecule has 9 atom stereocenters. The lowest BCUT2D eigenvalue weighted by Crippen LogP contribution is -2.63. The maximum Gasteiger partial charge on any atom is 0.409 e. The molecule has 3 aliphatic heterocycles. The first-order chi connectivity index (χ1) is 35.2. The van der Waals surface area contributed by atoms with Crippen molar-refractivity contribution in [2.45, 2.75) is 107 Å². The number of halogens is 1. The van der Waals surface area contributed by atoms with E-state index < -0.39 is 89.7 Å². The molecule has 1 aliphatic carbocycles. The number of esters is 2. The van der Waals surface area contributed by atoms with Crippen molar-refractivity contribution in [3.63, 3.8) is 0 Å². The minimum atomic E-state index is -1.88. The van der Waals surface area contributed by atoms with Crippen molar-refractivity contribution < 1.29 is 67.0 Å². The standard InChI is InChI=1S/C54H65ClN4O14S/c1-30-15-14-20-43(68-8)54(66)27-42(71-52(65)57-54)31(2)48-53(4,73-48)44(26-46(61)59(6)40-24-33(23-30)25-41(67-7)47(40)55)72-49(62)32(3)58(5)45(60)21-22-74-29-39(50(63)69-9)56-51(64)70-28-38-36-18-12-10-16-34(36)35-17-11-13-19-37(35)38/h10-20,24-25,31-32,38-39,42-44,48,66H,21-23,26-29H2,1-9H3,(H,56,64)(H,57,65)/b20-14+,30-15+/t31-,32+,39?,42+,43-,44+,48+,53+,54+/m1/s1. The summed E-state index contributed by atoms with van der Waals surface area (Å²) in [5.41, 5.74) is 3.06. The second-order valence-corrected chi connectivity index (χ2v) is 20.8. The molecule has 398 valence electrons. The van der Waals surface area contributed by atoms with Crippen molar-refractivity contribution in [2.24, 2.45) is 5.92 Å². The number of methoxy groups -OCH3 is 3. The van der Waals surface area contributed by atoms with Crippen molar-refractivity contribution in [1.82, 2.24) is 15.5 Å². The fourth-order valence-electron chi connectivity index (χ4n) is 9.85. The van der Waals surface area contributed by atoms with Gasteiger partial charge >= 0.3 is 24.1 Å². The van der Waals surface area contributed by atoms with Gasteiger partial charge < -0.3 is 53.4 Å². The second-order valence-electron chi connectivity index (χ2n) is 19.3. The summed E-state index contributed by atoms with van der Waals surface area (Å²) in [7, 11) is 7.10. The average molecular weight is 1060 g/mol. The number of amides is 4. The molecule has 4 bridgehead atoms. The summed E-state index contributed by atoms with van der Waals surface area (Å²) in [6.45, 7) is 6.91. The number of hydrogen-bond donors (Lipinski definition) is 3. The van der Waals surface area contributed by atoms with Crippen LogP contribution in [0, 0.1) is 5.92 Å². The molecule has 2 saturated heterocycles. The number of carbonyl (C=O) groups excluding carboxylic acids is 6. The van der Waals surface area contributed by atoms with Crippen molar-refractivity contribution in [1.29, 1.82) is 0 Å². The van der Waals surface area contributed by atoms with E-state index in [1.54, 1.807) is 45.2 Å². The number of allylic oxidation sites excluding steroid dienone is 3. The predicted molar refractivity (Wildman–Crippen MR) is 277 cm³/mol. The molecule has 0 spiro atoms. The van der Waals surface area contributed by atoms with Crippen LogP contribution in [0.1, 0.15) is 69.6 Å². The van der Waals surface area contributed by atoms with Crippen molar-refractivity contribution >= 4 is 65.0 Å². The van der Waals surface area contributed by atoms with E-state index in [9.17, 15) is 33.9 Å². The second kappa shape index (κ2) is 23.6. The molecule has 4 aliphatic rings. The lowest BCUT2D eigenvalue weighted by molar-refractivity contribution is -0.162. The zero-order valence-corrected chi connectivity index (χ0v) is 44.6. The molecule has 3 N–H and O–H groups in total. The quantitative estimate of drug-likeness (QED) is 0.0661. The number of rotatable bonds is 14. The number of thioether (sulfide) groups is 1. The van der Waals surface area contributed by atoms with Gasteiger partial charge in [-0.1, -0.05) is 90.9 Å². The molecule has 3 aromatic carbocycles. The summed E-state index contributed by atoms with van der Waals surface area (Å²) in [6, 6.07) is 17.2. The number of likely N-dealkylation sites (N-methyl/N-ethyl adjacent to an activating group) is 1. The number of fused-ring (bicyclic) bond motifs is 8. The van der Waals surface area contributed by atoms with Crippen molar-refractivity contribution in [3.8, 4) is 16.9 Å². The minimum Gasteiger partial charge on any atom is -0.495 e. The van der Waals surface area contributed by atoms with Crippen LogP contribution in [0.15, 0.2) is 84.5 Å². The third-order valence-corrected chi connectivity index (χ3v) is 15.8. The number of aliphatic hydroxyl groups is 1. The molecule has 74 heavy (non-hydrogen) atoms.